The van der Waals surface area contributed by atoms with Crippen LogP contribution in [0.1, 0.15) is 57.4 Å². The molecule has 0 aliphatic carbocycles. The van der Waals surface area contributed by atoms with Gasteiger partial charge >= 0.3 is 0 Å². The van der Waals surface area contributed by atoms with E-state index in [0.717, 1.165) is 24.8 Å². The van der Waals surface area contributed by atoms with Gasteiger partial charge in [0.1, 0.15) is 5.82 Å². The van der Waals surface area contributed by atoms with Crippen LogP contribution in [0.4, 0.5) is 4.39 Å². The monoisotopic (exact) mass is 282 g/mol. The Morgan fingerprint density at radius 3 is 2.00 bits per heavy atom. The van der Waals surface area contributed by atoms with Gasteiger partial charge in [0.2, 0.25) is 0 Å². The predicted octanol–water partition coefficient (Wildman–Crippen LogP) is 3.80. The molecule has 1 rings (SSSR count). The second-order valence-corrected chi connectivity index (χ2v) is 5.62. The molecule has 0 aliphatic rings. The molecule has 0 aliphatic heterocycles. The standard InChI is InChI=1S/C17H27FO2/c1-2-3-4-5-6-7-12-17(13-19,14-20)15-8-10-16(18)11-9-15/h8-11,19-20H,2-7,12-14H2,1H3. The largest absolute Gasteiger partial charge is 0.395 e. The average molecular weight is 282 g/mol. The summed E-state index contributed by atoms with van der Waals surface area (Å²) >= 11 is 0. The highest BCUT2D eigenvalue weighted by Gasteiger charge is 2.30. The lowest BCUT2D eigenvalue weighted by molar-refractivity contribution is 0.107. The lowest BCUT2D eigenvalue weighted by Gasteiger charge is -2.30. The van der Waals surface area contributed by atoms with Crippen molar-refractivity contribution in [2.24, 2.45) is 0 Å². The average Bonchev–Trinajstić information content (AvgIpc) is 2.48. The number of halogens is 1. The van der Waals surface area contributed by atoms with Gasteiger partial charge in [0.25, 0.3) is 0 Å². The molecule has 2 nitrogen and oxygen atoms in total. The van der Waals surface area contributed by atoms with Crippen LogP contribution in [0.2, 0.25) is 0 Å². The first kappa shape index (κ1) is 17.1. The first-order valence-corrected chi connectivity index (χ1v) is 7.66. The predicted molar refractivity (Wildman–Crippen MR) is 80.2 cm³/mol. The lowest BCUT2D eigenvalue weighted by Crippen LogP contribution is -2.34. The zero-order valence-corrected chi connectivity index (χ0v) is 12.4. The second kappa shape index (κ2) is 9.09. The minimum atomic E-state index is -0.640. The second-order valence-electron chi connectivity index (χ2n) is 5.62. The molecule has 0 saturated heterocycles. The molecule has 0 aromatic heterocycles. The molecule has 1 aromatic carbocycles. The van der Waals surface area contributed by atoms with Gasteiger partial charge < -0.3 is 10.2 Å². The van der Waals surface area contributed by atoms with Gasteiger partial charge in [0.05, 0.1) is 13.2 Å². The molecule has 0 saturated carbocycles. The third kappa shape index (κ3) is 4.88. The summed E-state index contributed by atoms with van der Waals surface area (Å²) < 4.78 is 13.0. The summed E-state index contributed by atoms with van der Waals surface area (Å²) in [5.74, 6) is -0.293. The number of unbranched alkanes of at least 4 members (excludes halogenated alkanes) is 5. The van der Waals surface area contributed by atoms with Crippen LogP contribution < -0.4 is 0 Å². The molecule has 0 amide bonds. The summed E-state index contributed by atoms with van der Waals surface area (Å²) in [6.07, 6.45) is 7.77. The van der Waals surface area contributed by atoms with E-state index in [0.29, 0.717) is 0 Å². The molecule has 0 bridgehead atoms. The summed E-state index contributed by atoms with van der Waals surface area (Å²) in [5, 5.41) is 19.4. The Morgan fingerprint density at radius 2 is 1.45 bits per heavy atom. The van der Waals surface area contributed by atoms with Gasteiger partial charge in [-0.05, 0) is 24.1 Å². The number of aliphatic hydroxyl groups is 2. The smallest absolute Gasteiger partial charge is 0.123 e. The zero-order valence-electron chi connectivity index (χ0n) is 12.4. The lowest BCUT2D eigenvalue weighted by atomic mass is 9.77. The van der Waals surface area contributed by atoms with Crippen molar-refractivity contribution < 1.29 is 14.6 Å². The topological polar surface area (TPSA) is 40.5 Å². The van der Waals surface area contributed by atoms with Crippen molar-refractivity contribution in [2.75, 3.05) is 13.2 Å². The molecule has 0 atom stereocenters. The van der Waals surface area contributed by atoms with E-state index >= 15 is 0 Å². The Bertz CT molecular complexity index is 358. The molecule has 3 heteroatoms. The van der Waals surface area contributed by atoms with Crippen molar-refractivity contribution in [2.45, 2.75) is 57.3 Å². The van der Waals surface area contributed by atoms with Crippen molar-refractivity contribution in [1.29, 1.82) is 0 Å². The first-order valence-electron chi connectivity index (χ1n) is 7.66. The molecule has 0 fully saturated rings. The van der Waals surface area contributed by atoms with Crippen LogP contribution in [0, 0.1) is 5.82 Å². The van der Waals surface area contributed by atoms with Crippen molar-refractivity contribution in [3.63, 3.8) is 0 Å². The van der Waals surface area contributed by atoms with Crippen LogP contribution in [0.15, 0.2) is 24.3 Å². The van der Waals surface area contributed by atoms with Gasteiger partial charge in [0.15, 0.2) is 0 Å². The minimum Gasteiger partial charge on any atom is -0.395 e. The van der Waals surface area contributed by atoms with E-state index in [2.05, 4.69) is 6.92 Å². The van der Waals surface area contributed by atoms with Crippen molar-refractivity contribution in [1.82, 2.24) is 0 Å². The molecular formula is C17H27FO2. The van der Waals surface area contributed by atoms with Crippen LogP contribution in [-0.2, 0) is 5.41 Å². The third-order valence-corrected chi connectivity index (χ3v) is 4.07. The molecule has 1 aromatic rings. The molecule has 0 spiro atoms. The van der Waals surface area contributed by atoms with Crippen LogP contribution >= 0.6 is 0 Å². The highest BCUT2D eigenvalue weighted by Crippen LogP contribution is 2.30. The SMILES string of the molecule is CCCCCCCCC(CO)(CO)c1ccc(F)cc1. The molecular weight excluding hydrogens is 255 g/mol. The molecule has 0 radical (unpaired) electrons. The van der Waals surface area contributed by atoms with Crippen LogP contribution in [-0.4, -0.2) is 23.4 Å². The zero-order chi connectivity index (χ0) is 14.8. The van der Waals surface area contributed by atoms with Gasteiger partial charge in [-0.15, -0.1) is 0 Å². The molecule has 114 valence electrons. The normalized spacial score (nSPS) is 11.8. The van der Waals surface area contributed by atoms with Crippen LogP contribution in [0.5, 0.6) is 0 Å². The fraction of sp³-hybridized carbons (Fsp3) is 0.647. The van der Waals surface area contributed by atoms with Crippen molar-refractivity contribution in [3.8, 4) is 0 Å². The summed E-state index contributed by atoms with van der Waals surface area (Å²) in [6, 6.07) is 6.10. The highest BCUT2D eigenvalue weighted by molar-refractivity contribution is 5.26. The van der Waals surface area contributed by atoms with E-state index in [1.165, 1.54) is 37.8 Å². The summed E-state index contributed by atoms with van der Waals surface area (Å²) in [6.45, 7) is 1.98. The van der Waals surface area contributed by atoms with E-state index in [-0.39, 0.29) is 19.0 Å². The Kier molecular flexibility index (Phi) is 7.78. The Labute approximate surface area is 121 Å². The van der Waals surface area contributed by atoms with Gasteiger partial charge in [-0.3, -0.25) is 0 Å². The van der Waals surface area contributed by atoms with Gasteiger partial charge in [-0.1, -0.05) is 57.6 Å². The van der Waals surface area contributed by atoms with E-state index < -0.39 is 5.41 Å². The van der Waals surface area contributed by atoms with Crippen molar-refractivity contribution in [3.05, 3.63) is 35.6 Å². The molecule has 0 heterocycles. The number of benzene rings is 1. The maximum absolute atomic E-state index is 13.0. The quantitative estimate of drug-likeness (QED) is 0.641. The summed E-state index contributed by atoms with van der Waals surface area (Å²) in [5.41, 5.74) is 0.177. The van der Waals surface area contributed by atoms with Crippen LogP contribution in [0.3, 0.4) is 0 Å². The Morgan fingerprint density at radius 1 is 0.900 bits per heavy atom. The number of hydrogen-bond acceptors (Lipinski definition) is 2. The van der Waals surface area contributed by atoms with E-state index in [1.807, 2.05) is 0 Å². The van der Waals surface area contributed by atoms with Gasteiger partial charge in [-0.25, -0.2) is 4.39 Å². The summed E-state index contributed by atoms with van der Waals surface area (Å²) in [7, 11) is 0. The van der Waals surface area contributed by atoms with Crippen LogP contribution in [0.25, 0.3) is 0 Å². The van der Waals surface area contributed by atoms with E-state index in [4.69, 9.17) is 0 Å². The molecule has 0 unspecified atom stereocenters. The fourth-order valence-corrected chi connectivity index (χ4v) is 2.58. The number of rotatable bonds is 10. The minimum absolute atomic E-state index is 0.107. The van der Waals surface area contributed by atoms with E-state index in [1.54, 1.807) is 12.1 Å². The Balaban J connectivity index is 2.56. The molecule has 20 heavy (non-hydrogen) atoms. The number of aliphatic hydroxyl groups excluding tert-OH is 2. The Hall–Kier alpha value is -0.930. The van der Waals surface area contributed by atoms with Gasteiger partial charge in [-0.2, -0.15) is 0 Å². The van der Waals surface area contributed by atoms with Gasteiger partial charge in [0, 0.05) is 5.41 Å². The van der Waals surface area contributed by atoms with Crippen molar-refractivity contribution >= 4 is 0 Å². The maximum atomic E-state index is 13.0. The number of hydrogen-bond donors (Lipinski definition) is 2. The summed E-state index contributed by atoms with van der Waals surface area (Å²) in [4.78, 5) is 0. The van der Waals surface area contributed by atoms with E-state index in [9.17, 15) is 14.6 Å². The maximum Gasteiger partial charge on any atom is 0.123 e. The molecule has 2 N–H and O–H groups in total. The highest BCUT2D eigenvalue weighted by atomic mass is 19.1. The fourth-order valence-electron chi connectivity index (χ4n) is 2.58. The third-order valence-electron chi connectivity index (χ3n) is 4.07. The first-order chi connectivity index (χ1) is 9.68.